The molecule has 3 rings (SSSR count). The molecule has 2 heterocycles. The second-order valence-electron chi connectivity index (χ2n) is 4.78. The molecule has 0 N–H and O–H groups in total. The zero-order chi connectivity index (χ0) is 17.1. The van der Waals surface area contributed by atoms with Gasteiger partial charge in [-0.05, 0) is 58.1 Å². The Bertz CT molecular complexity index is 827. The summed E-state index contributed by atoms with van der Waals surface area (Å²) < 4.78 is 16.9. The third-order valence-corrected chi connectivity index (χ3v) is 4.64. The van der Waals surface area contributed by atoms with Crippen molar-refractivity contribution in [3.8, 4) is 11.5 Å². The molecule has 124 valence electrons. The Labute approximate surface area is 151 Å². The number of ether oxygens (including phenoxy) is 3. The molecular formula is C17H14BrNO4S. The number of benzene rings is 1. The molecule has 1 aromatic heterocycles. The fourth-order valence-corrected chi connectivity index (χ4v) is 3.48. The molecule has 0 radical (unpaired) electrons. The summed E-state index contributed by atoms with van der Waals surface area (Å²) in [5.41, 5.74) is 1.01. The van der Waals surface area contributed by atoms with Gasteiger partial charge in [0.2, 0.25) is 5.90 Å². The van der Waals surface area contributed by atoms with Crippen LogP contribution in [0.4, 0.5) is 0 Å². The van der Waals surface area contributed by atoms with E-state index >= 15 is 0 Å². The fourth-order valence-electron chi connectivity index (χ4n) is 2.20. The average molecular weight is 408 g/mol. The first-order valence-corrected chi connectivity index (χ1v) is 8.86. The first-order chi connectivity index (χ1) is 11.6. The van der Waals surface area contributed by atoms with Crippen LogP contribution < -0.4 is 9.47 Å². The zero-order valence-electron chi connectivity index (χ0n) is 13.0. The van der Waals surface area contributed by atoms with Crippen LogP contribution in [0.25, 0.3) is 6.08 Å². The maximum Gasteiger partial charge on any atom is 0.363 e. The van der Waals surface area contributed by atoms with Crippen LogP contribution >= 0.6 is 27.3 Å². The van der Waals surface area contributed by atoms with E-state index in [1.807, 2.05) is 30.5 Å². The van der Waals surface area contributed by atoms with Gasteiger partial charge in [-0.25, -0.2) is 9.79 Å². The first-order valence-electron chi connectivity index (χ1n) is 7.19. The maximum absolute atomic E-state index is 12.0. The predicted octanol–water partition coefficient (Wildman–Crippen LogP) is 4.26. The Morgan fingerprint density at radius 1 is 1.42 bits per heavy atom. The number of aliphatic imine (C=N–C) groups is 1. The molecule has 1 aromatic carbocycles. The minimum atomic E-state index is -0.469. The van der Waals surface area contributed by atoms with Crippen LogP contribution in [0.3, 0.4) is 0 Å². The highest BCUT2D eigenvalue weighted by molar-refractivity contribution is 9.10. The van der Waals surface area contributed by atoms with Crippen molar-refractivity contribution in [2.45, 2.75) is 6.92 Å². The van der Waals surface area contributed by atoms with Crippen molar-refractivity contribution in [2.75, 3.05) is 13.7 Å². The minimum Gasteiger partial charge on any atom is -0.492 e. The van der Waals surface area contributed by atoms with Crippen molar-refractivity contribution in [1.29, 1.82) is 0 Å². The van der Waals surface area contributed by atoms with Crippen molar-refractivity contribution >= 4 is 45.2 Å². The van der Waals surface area contributed by atoms with E-state index < -0.39 is 5.97 Å². The topological polar surface area (TPSA) is 57.1 Å². The molecule has 0 bridgehead atoms. The number of carbonyl (C=O) groups excluding carboxylic acids is 1. The number of hydrogen-bond donors (Lipinski definition) is 0. The molecular weight excluding hydrogens is 394 g/mol. The number of carbonyl (C=O) groups is 1. The van der Waals surface area contributed by atoms with Gasteiger partial charge in [-0.15, -0.1) is 11.3 Å². The number of nitrogens with zero attached hydrogens (tertiary/aromatic N) is 1. The number of thiophene rings is 1. The molecule has 0 spiro atoms. The summed E-state index contributed by atoms with van der Waals surface area (Å²) in [5.74, 6) is 1.06. The summed E-state index contributed by atoms with van der Waals surface area (Å²) in [6, 6.07) is 7.37. The zero-order valence-corrected chi connectivity index (χ0v) is 15.4. The van der Waals surface area contributed by atoms with E-state index in [1.165, 1.54) is 11.3 Å². The normalized spacial score (nSPS) is 15.4. The molecule has 0 fully saturated rings. The van der Waals surface area contributed by atoms with Gasteiger partial charge < -0.3 is 14.2 Å². The number of cyclic esters (lactones) is 1. The van der Waals surface area contributed by atoms with Gasteiger partial charge in [-0.3, -0.25) is 0 Å². The number of rotatable bonds is 5. The molecule has 7 heteroatoms. The summed E-state index contributed by atoms with van der Waals surface area (Å²) >= 11 is 4.92. The van der Waals surface area contributed by atoms with Gasteiger partial charge in [-0.1, -0.05) is 6.07 Å². The van der Waals surface area contributed by atoms with Crippen LogP contribution in [0.2, 0.25) is 0 Å². The van der Waals surface area contributed by atoms with Gasteiger partial charge in [0.05, 0.1) is 23.1 Å². The number of halogens is 1. The van der Waals surface area contributed by atoms with Gasteiger partial charge in [-0.2, -0.15) is 0 Å². The SMILES string of the molecule is CCOc1cc(/C=C2\N=C(c3cccs3)OC2=O)cc(Br)c1OC. The Balaban J connectivity index is 1.97. The molecule has 2 aromatic rings. The van der Waals surface area contributed by atoms with Gasteiger partial charge in [0.15, 0.2) is 17.2 Å². The molecule has 1 aliphatic heterocycles. The molecule has 0 saturated carbocycles. The lowest BCUT2D eigenvalue weighted by molar-refractivity contribution is -0.129. The first kappa shape index (κ1) is 16.7. The van der Waals surface area contributed by atoms with Gasteiger partial charge in [0, 0.05) is 0 Å². The lowest BCUT2D eigenvalue weighted by Gasteiger charge is -2.12. The van der Waals surface area contributed by atoms with Crippen molar-refractivity contribution in [3.63, 3.8) is 0 Å². The third kappa shape index (κ3) is 3.37. The van der Waals surface area contributed by atoms with E-state index in [-0.39, 0.29) is 5.70 Å². The van der Waals surface area contributed by atoms with Crippen LogP contribution in [0, 0.1) is 0 Å². The Hall–Kier alpha value is -2.12. The van der Waals surface area contributed by atoms with E-state index in [9.17, 15) is 4.79 Å². The standard InChI is InChI=1S/C17H14BrNO4S/c1-3-22-13-9-10(7-11(18)15(13)21-2)8-12-17(20)23-16(19-12)14-5-4-6-24-14/h4-9H,3H2,1-2H3/b12-8-. The summed E-state index contributed by atoms with van der Waals surface area (Å²) in [4.78, 5) is 17.1. The Morgan fingerprint density at radius 2 is 2.25 bits per heavy atom. The quantitative estimate of drug-likeness (QED) is 0.548. The van der Waals surface area contributed by atoms with Crippen LogP contribution in [0.15, 0.2) is 44.8 Å². The highest BCUT2D eigenvalue weighted by Gasteiger charge is 2.25. The molecule has 5 nitrogen and oxygen atoms in total. The number of methoxy groups -OCH3 is 1. The predicted molar refractivity (Wildman–Crippen MR) is 96.8 cm³/mol. The fraction of sp³-hybridized carbons (Fsp3) is 0.176. The van der Waals surface area contributed by atoms with E-state index in [4.69, 9.17) is 14.2 Å². The molecule has 0 unspecified atom stereocenters. The van der Waals surface area contributed by atoms with Crippen molar-refractivity contribution in [2.24, 2.45) is 4.99 Å². The Morgan fingerprint density at radius 3 is 2.92 bits per heavy atom. The van der Waals surface area contributed by atoms with Crippen LogP contribution in [0.5, 0.6) is 11.5 Å². The van der Waals surface area contributed by atoms with E-state index in [2.05, 4.69) is 20.9 Å². The molecule has 1 aliphatic rings. The summed E-state index contributed by atoms with van der Waals surface area (Å²) in [7, 11) is 1.58. The summed E-state index contributed by atoms with van der Waals surface area (Å²) in [6.45, 7) is 2.40. The lowest BCUT2D eigenvalue weighted by Crippen LogP contribution is -2.03. The molecule has 0 atom stereocenters. The van der Waals surface area contributed by atoms with Gasteiger partial charge >= 0.3 is 5.97 Å². The van der Waals surface area contributed by atoms with Crippen molar-refractivity contribution in [1.82, 2.24) is 0 Å². The van der Waals surface area contributed by atoms with Crippen LogP contribution in [0.1, 0.15) is 17.4 Å². The van der Waals surface area contributed by atoms with Crippen molar-refractivity contribution in [3.05, 3.63) is 50.3 Å². The number of esters is 1. The highest BCUT2D eigenvalue weighted by atomic mass is 79.9. The van der Waals surface area contributed by atoms with Crippen LogP contribution in [-0.4, -0.2) is 25.6 Å². The summed E-state index contributed by atoms with van der Waals surface area (Å²) in [6.07, 6.45) is 1.66. The van der Waals surface area contributed by atoms with Gasteiger partial charge in [0.25, 0.3) is 0 Å². The van der Waals surface area contributed by atoms with E-state index in [1.54, 1.807) is 19.3 Å². The van der Waals surface area contributed by atoms with E-state index in [0.29, 0.717) is 24.0 Å². The minimum absolute atomic E-state index is 0.248. The average Bonchev–Trinajstić information content (AvgIpc) is 3.18. The summed E-state index contributed by atoms with van der Waals surface area (Å²) in [5, 5.41) is 1.91. The third-order valence-electron chi connectivity index (χ3n) is 3.19. The monoisotopic (exact) mass is 407 g/mol. The number of hydrogen-bond acceptors (Lipinski definition) is 6. The second kappa shape index (κ2) is 7.19. The molecule has 0 amide bonds. The molecule has 24 heavy (non-hydrogen) atoms. The largest absolute Gasteiger partial charge is 0.492 e. The van der Waals surface area contributed by atoms with Gasteiger partial charge in [0.1, 0.15) is 0 Å². The smallest absolute Gasteiger partial charge is 0.363 e. The Kier molecular flexibility index (Phi) is 5.01. The van der Waals surface area contributed by atoms with E-state index in [0.717, 1.165) is 14.9 Å². The maximum atomic E-state index is 12.0. The highest BCUT2D eigenvalue weighted by Crippen LogP contribution is 2.37. The lowest BCUT2D eigenvalue weighted by atomic mass is 10.1. The van der Waals surface area contributed by atoms with Crippen molar-refractivity contribution < 1.29 is 19.0 Å². The molecule has 0 saturated heterocycles. The second-order valence-corrected chi connectivity index (χ2v) is 6.58. The van der Waals surface area contributed by atoms with Crippen LogP contribution in [-0.2, 0) is 9.53 Å². The molecule has 0 aliphatic carbocycles.